The van der Waals surface area contributed by atoms with Gasteiger partial charge in [0.1, 0.15) is 4.60 Å². The summed E-state index contributed by atoms with van der Waals surface area (Å²) in [6.07, 6.45) is 4.18. The molecule has 1 aromatic rings. The minimum atomic E-state index is 0. The Bertz CT molecular complexity index is 269. The number of nitrogens with one attached hydrogen (secondary N) is 1. The summed E-state index contributed by atoms with van der Waals surface area (Å²) in [5.41, 5.74) is 1.04. The molecule has 1 N–H and O–H groups in total. The van der Waals surface area contributed by atoms with E-state index in [1.807, 2.05) is 25.1 Å². The maximum Gasteiger partial charge on any atom is 0.106 e. The van der Waals surface area contributed by atoms with Crippen molar-refractivity contribution in [2.45, 2.75) is 39.2 Å². The van der Waals surface area contributed by atoms with Gasteiger partial charge in [0.15, 0.2) is 0 Å². The SMILES string of the molecule is Br.CC1CCCCN1.Cc1cccc(Br)n1. The molecule has 1 aliphatic heterocycles. The Labute approximate surface area is 117 Å². The fourth-order valence-electron chi connectivity index (χ4n) is 1.54. The Kier molecular flexibility index (Phi) is 9.18. The van der Waals surface area contributed by atoms with E-state index < -0.39 is 0 Å². The summed E-state index contributed by atoms with van der Waals surface area (Å²) in [6, 6.07) is 6.62. The Hall–Kier alpha value is 0.0700. The molecule has 1 atom stereocenters. The lowest BCUT2D eigenvalue weighted by atomic mass is 10.1. The van der Waals surface area contributed by atoms with Gasteiger partial charge >= 0.3 is 0 Å². The molecule has 1 fully saturated rings. The summed E-state index contributed by atoms with van der Waals surface area (Å²) in [5.74, 6) is 0. The van der Waals surface area contributed by atoms with E-state index in [1.54, 1.807) is 0 Å². The van der Waals surface area contributed by atoms with Crippen molar-refractivity contribution < 1.29 is 0 Å². The van der Waals surface area contributed by atoms with Crippen LogP contribution >= 0.6 is 32.9 Å². The Morgan fingerprint density at radius 2 is 2.12 bits per heavy atom. The van der Waals surface area contributed by atoms with Crippen molar-refractivity contribution in [1.29, 1.82) is 0 Å². The summed E-state index contributed by atoms with van der Waals surface area (Å²) >= 11 is 3.25. The number of piperidine rings is 1. The third kappa shape index (κ3) is 7.36. The quantitative estimate of drug-likeness (QED) is 0.717. The molecule has 4 heteroatoms. The van der Waals surface area contributed by atoms with Crippen molar-refractivity contribution in [2.24, 2.45) is 0 Å². The molecule has 0 aromatic carbocycles. The number of rotatable bonds is 0. The molecule has 2 nitrogen and oxygen atoms in total. The molecule has 0 spiro atoms. The molecule has 0 aliphatic carbocycles. The average Bonchev–Trinajstić information content (AvgIpc) is 2.19. The molecule has 0 radical (unpaired) electrons. The average molecular weight is 352 g/mol. The van der Waals surface area contributed by atoms with Crippen molar-refractivity contribution in [1.82, 2.24) is 10.3 Å². The molecule has 1 saturated heterocycles. The molecule has 0 bridgehead atoms. The number of aromatic nitrogens is 1. The van der Waals surface area contributed by atoms with Gasteiger partial charge in [-0.3, -0.25) is 0 Å². The van der Waals surface area contributed by atoms with Crippen molar-refractivity contribution in [3.8, 4) is 0 Å². The highest BCUT2D eigenvalue weighted by molar-refractivity contribution is 9.10. The number of aryl methyl sites for hydroxylation is 1. The van der Waals surface area contributed by atoms with E-state index in [-0.39, 0.29) is 17.0 Å². The summed E-state index contributed by atoms with van der Waals surface area (Å²) < 4.78 is 0.900. The van der Waals surface area contributed by atoms with Gasteiger partial charge in [-0.15, -0.1) is 17.0 Å². The Morgan fingerprint density at radius 1 is 1.38 bits per heavy atom. The highest BCUT2D eigenvalue weighted by Gasteiger charge is 2.04. The molecular weight excluding hydrogens is 332 g/mol. The normalized spacial score (nSPS) is 19.1. The molecular formula is C12H20Br2N2. The van der Waals surface area contributed by atoms with Gasteiger partial charge in [0.2, 0.25) is 0 Å². The number of halogens is 2. The highest BCUT2D eigenvalue weighted by Crippen LogP contribution is 2.04. The fourth-order valence-corrected chi connectivity index (χ4v) is 1.97. The third-order valence-corrected chi connectivity index (χ3v) is 2.85. The standard InChI is InChI=1S/C6H6BrN.C6H13N.BrH/c1-5-3-2-4-6(7)8-5;1-6-4-2-3-5-7-6;/h2-4H,1H3;6-7H,2-5H2,1H3;1H. The fraction of sp³-hybridized carbons (Fsp3) is 0.583. The first kappa shape index (κ1) is 16.1. The van der Waals surface area contributed by atoms with Gasteiger partial charge in [-0.05, 0) is 61.3 Å². The molecule has 0 saturated carbocycles. The lowest BCUT2D eigenvalue weighted by Gasteiger charge is -2.18. The zero-order valence-corrected chi connectivity index (χ0v) is 13.2. The largest absolute Gasteiger partial charge is 0.314 e. The van der Waals surface area contributed by atoms with Crippen molar-refractivity contribution >= 4 is 32.9 Å². The molecule has 2 heterocycles. The van der Waals surface area contributed by atoms with Crippen molar-refractivity contribution in [3.63, 3.8) is 0 Å². The topological polar surface area (TPSA) is 24.9 Å². The molecule has 2 rings (SSSR count). The number of pyridine rings is 1. The van der Waals surface area contributed by atoms with E-state index in [1.165, 1.54) is 25.8 Å². The van der Waals surface area contributed by atoms with Crippen LogP contribution in [0.15, 0.2) is 22.8 Å². The van der Waals surface area contributed by atoms with E-state index in [0.29, 0.717) is 0 Å². The molecule has 1 unspecified atom stereocenters. The first-order valence-electron chi connectivity index (χ1n) is 5.51. The Morgan fingerprint density at radius 3 is 2.44 bits per heavy atom. The lowest BCUT2D eigenvalue weighted by molar-refractivity contribution is 0.425. The molecule has 1 aromatic heterocycles. The van der Waals surface area contributed by atoms with Crippen LogP contribution in [0.4, 0.5) is 0 Å². The van der Waals surface area contributed by atoms with Crippen molar-refractivity contribution in [2.75, 3.05) is 6.54 Å². The van der Waals surface area contributed by atoms with E-state index in [2.05, 4.69) is 33.2 Å². The molecule has 16 heavy (non-hydrogen) atoms. The zero-order chi connectivity index (χ0) is 11.1. The van der Waals surface area contributed by atoms with Crippen LogP contribution in [0.2, 0.25) is 0 Å². The summed E-state index contributed by atoms with van der Waals surface area (Å²) in [6.45, 7) is 5.45. The van der Waals surface area contributed by atoms with Crippen LogP contribution in [0.3, 0.4) is 0 Å². The van der Waals surface area contributed by atoms with E-state index in [0.717, 1.165) is 16.3 Å². The van der Waals surface area contributed by atoms with Crippen LogP contribution in [0, 0.1) is 6.92 Å². The summed E-state index contributed by atoms with van der Waals surface area (Å²) in [7, 11) is 0. The van der Waals surface area contributed by atoms with Crippen LogP contribution in [-0.4, -0.2) is 17.6 Å². The predicted molar refractivity (Wildman–Crippen MR) is 78.3 cm³/mol. The van der Waals surface area contributed by atoms with E-state index >= 15 is 0 Å². The van der Waals surface area contributed by atoms with Crippen LogP contribution in [0.25, 0.3) is 0 Å². The first-order valence-corrected chi connectivity index (χ1v) is 6.30. The molecule has 1 aliphatic rings. The van der Waals surface area contributed by atoms with Gasteiger partial charge in [0, 0.05) is 11.7 Å². The third-order valence-electron chi connectivity index (χ3n) is 2.41. The summed E-state index contributed by atoms with van der Waals surface area (Å²) in [5, 5.41) is 3.38. The van der Waals surface area contributed by atoms with Gasteiger partial charge in [-0.1, -0.05) is 12.5 Å². The van der Waals surface area contributed by atoms with E-state index in [9.17, 15) is 0 Å². The van der Waals surface area contributed by atoms with Gasteiger partial charge < -0.3 is 5.32 Å². The molecule has 0 amide bonds. The smallest absolute Gasteiger partial charge is 0.106 e. The van der Waals surface area contributed by atoms with Crippen molar-refractivity contribution in [3.05, 3.63) is 28.5 Å². The predicted octanol–water partition coefficient (Wildman–Crippen LogP) is 3.88. The maximum atomic E-state index is 4.09. The molecule has 92 valence electrons. The monoisotopic (exact) mass is 350 g/mol. The first-order chi connectivity index (χ1) is 7.18. The minimum Gasteiger partial charge on any atom is -0.314 e. The van der Waals surface area contributed by atoms with E-state index in [4.69, 9.17) is 0 Å². The number of nitrogens with zero attached hydrogens (tertiary/aromatic N) is 1. The highest BCUT2D eigenvalue weighted by atomic mass is 79.9. The van der Waals surface area contributed by atoms with Gasteiger partial charge in [0.05, 0.1) is 0 Å². The van der Waals surface area contributed by atoms with Gasteiger partial charge in [0.25, 0.3) is 0 Å². The van der Waals surface area contributed by atoms with Crippen LogP contribution < -0.4 is 5.32 Å². The second-order valence-corrected chi connectivity index (χ2v) is 4.77. The second kappa shape index (κ2) is 9.14. The number of hydrogen-bond acceptors (Lipinski definition) is 2. The lowest BCUT2D eigenvalue weighted by Crippen LogP contribution is -2.30. The van der Waals surface area contributed by atoms with Gasteiger partial charge in [-0.2, -0.15) is 0 Å². The zero-order valence-electron chi connectivity index (χ0n) is 9.87. The second-order valence-electron chi connectivity index (χ2n) is 3.95. The van der Waals surface area contributed by atoms with Crippen LogP contribution in [0.1, 0.15) is 31.9 Å². The number of hydrogen-bond donors (Lipinski definition) is 1. The Balaban J connectivity index is 0.000000267. The van der Waals surface area contributed by atoms with Gasteiger partial charge in [-0.25, -0.2) is 4.98 Å². The maximum absolute atomic E-state index is 4.09. The van der Waals surface area contributed by atoms with Crippen LogP contribution in [0.5, 0.6) is 0 Å². The van der Waals surface area contributed by atoms with Crippen LogP contribution in [-0.2, 0) is 0 Å². The minimum absolute atomic E-state index is 0. The summed E-state index contributed by atoms with van der Waals surface area (Å²) in [4.78, 5) is 4.09.